The Kier molecular flexibility index (Phi) is 4.09. The van der Waals surface area contributed by atoms with E-state index in [1.165, 1.54) is 10.5 Å². The first kappa shape index (κ1) is 13.6. The smallest absolute Gasteiger partial charge is 0.269 e. The molecule has 1 aliphatic rings. The van der Waals surface area contributed by atoms with Crippen LogP contribution in [-0.2, 0) is 10.2 Å². The van der Waals surface area contributed by atoms with Gasteiger partial charge < -0.3 is 0 Å². The van der Waals surface area contributed by atoms with Crippen molar-refractivity contribution in [2.75, 3.05) is 17.8 Å². The summed E-state index contributed by atoms with van der Waals surface area (Å²) < 4.78 is 28.3. The SMILES string of the molecule is Cc1cc(Cl)ncc1NS(=O)(=O)N1CCCCC1. The Balaban J connectivity index is 2.16. The Bertz CT molecular complexity index is 527. The molecule has 0 atom stereocenters. The molecule has 0 radical (unpaired) electrons. The minimum Gasteiger partial charge on any atom is -0.269 e. The molecule has 0 aromatic carbocycles. The van der Waals surface area contributed by atoms with Crippen molar-refractivity contribution in [3.8, 4) is 0 Å². The average molecular weight is 290 g/mol. The van der Waals surface area contributed by atoms with Crippen LogP contribution in [0.15, 0.2) is 12.3 Å². The molecule has 1 saturated heterocycles. The van der Waals surface area contributed by atoms with Crippen LogP contribution < -0.4 is 4.72 Å². The largest absolute Gasteiger partial charge is 0.301 e. The molecule has 0 spiro atoms. The highest BCUT2D eigenvalue weighted by Gasteiger charge is 2.24. The van der Waals surface area contributed by atoms with Gasteiger partial charge in [-0.15, -0.1) is 0 Å². The zero-order valence-electron chi connectivity index (χ0n) is 10.2. The van der Waals surface area contributed by atoms with Crippen LogP contribution in [0.5, 0.6) is 0 Å². The molecule has 0 saturated carbocycles. The molecule has 0 aliphatic carbocycles. The summed E-state index contributed by atoms with van der Waals surface area (Å²) in [6, 6.07) is 1.63. The Morgan fingerprint density at radius 3 is 2.61 bits per heavy atom. The third-order valence-electron chi connectivity index (χ3n) is 2.97. The van der Waals surface area contributed by atoms with E-state index in [0.717, 1.165) is 24.8 Å². The van der Waals surface area contributed by atoms with Crippen LogP contribution in [0.4, 0.5) is 5.69 Å². The lowest BCUT2D eigenvalue weighted by atomic mass is 10.2. The molecule has 1 aromatic heterocycles. The van der Waals surface area contributed by atoms with Gasteiger partial charge in [0.25, 0.3) is 0 Å². The molecule has 2 heterocycles. The number of aryl methyl sites for hydroxylation is 1. The first-order valence-electron chi connectivity index (χ1n) is 5.89. The minimum atomic E-state index is -3.47. The summed E-state index contributed by atoms with van der Waals surface area (Å²) in [7, 11) is -3.47. The third kappa shape index (κ3) is 3.13. The fraction of sp³-hybridized carbons (Fsp3) is 0.545. The van der Waals surface area contributed by atoms with Gasteiger partial charge in [-0.1, -0.05) is 18.0 Å². The highest BCUT2D eigenvalue weighted by atomic mass is 35.5. The van der Waals surface area contributed by atoms with E-state index in [1.54, 1.807) is 13.0 Å². The number of hydrogen-bond acceptors (Lipinski definition) is 3. The number of halogens is 1. The maximum Gasteiger partial charge on any atom is 0.301 e. The fourth-order valence-electron chi connectivity index (χ4n) is 1.94. The molecule has 0 unspecified atom stereocenters. The van der Waals surface area contributed by atoms with Gasteiger partial charge in [0.05, 0.1) is 11.9 Å². The highest BCUT2D eigenvalue weighted by Crippen LogP contribution is 2.20. The van der Waals surface area contributed by atoms with Crippen molar-refractivity contribution in [1.29, 1.82) is 0 Å². The molecular formula is C11H16ClN3O2S. The molecule has 1 aromatic rings. The normalized spacial score (nSPS) is 17.7. The number of nitrogens with one attached hydrogen (secondary N) is 1. The Morgan fingerprint density at radius 2 is 2.00 bits per heavy atom. The summed E-state index contributed by atoms with van der Waals surface area (Å²) in [6.45, 7) is 2.95. The van der Waals surface area contributed by atoms with Gasteiger partial charge in [0.1, 0.15) is 5.15 Å². The van der Waals surface area contributed by atoms with Gasteiger partial charge >= 0.3 is 10.2 Å². The number of aromatic nitrogens is 1. The first-order valence-corrected chi connectivity index (χ1v) is 7.71. The van der Waals surface area contributed by atoms with E-state index in [1.807, 2.05) is 0 Å². The van der Waals surface area contributed by atoms with E-state index < -0.39 is 10.2 Å². The summed E-state index contributed by atoms with van der Waals surface area (Å²) in [4.78, 5) is 3.89. The van der Waals surface area contributed by atoms with E-state index in [4.69, 9.17) is 11.6 Å². The zero-order chi connectivity index (χ0) is 13.2. The molecule has 100 valence electrons. The number of rotatable bonds is 3. The first-order chi connectivity index (χ1) is 8.49. The Hall–Kier alpha value is -0.850. The van der Waals surface area contributed by atoms with Gasteiger partial charge in [-0.2, -0.15) is 12.7 Å². The summed E-state index contributed by atoms with van der Waals surface area (Å²) in [6.07, 6.45) is 4.37. The summed E-state index contributed by atoms with van der Waals surface area (Å²) in [5, 5.41) is 0.355. The van der Waals surface area contributed by atoms with E-state index in [-0.39, 0.29) is 0 Å². The monoisotopic (exact) mass is 289 g/mol. The lowest BCUT2D eigenvalue weighted by Gasteiger charge is -2.26. The zero-order valence-corrected chi connectivity index (χ0v) is 11.8. The molecule has 5 nitrogen and oxygen atoms in total. The molecular weight excluding hydrogens is 274 g/mol. The topological polar surface area (TPSA) is 62.3 Å². The minimum absolute atomic E-state index is 0.355. The van der Waals surface area contributed by atoms with Crippen molar-refractivity contribution >= 4 is 27.5 Å². The fourth-order valence-corrected chi connectivity index (χ4v) is 3.51. The second-order valence-electron chi connectivity index (χ2n) is 4.39. The predicted octanol–water partition coefficient (Wildman–Crippen LogP) is 2.19. The summed E-state index contributed by atoms with van der Waals surface area (Å²) in [5.74, 6) is 0. The van der Waals surface area contributed by atoms with Crippen LogP contribution >= 0.6 is 11.6 Å². The van der Waals surface area contributed by atoms with Crippen LogP contribution in [0.3, 0.4) is 0 Å². The van der Waals surface area contributed by atoms with Crippen molar-refractivity contribution in [3.05, 3.63) is 23.0 Å². The molecule has 18 heavy (non-hydrogen) atoms. The molecule has 0 bridgehead atoms. The molecule has 7 heteroatoms. The van der Waals surface area contributed by atoms with Crippen molar-refractivity contribution < 1.29 is 8.42 Å². The van der Waals surface area contributed by atoms with Crippen molar-refractivity contribution in [2.24, 2.45) is 0 Å². The lowest BCUT2D eigenvalue weighted by Crippen LogP contribution is -2.39. The molecule has 0 amide bonds. The average Bonchev–Trinajstić information content (AvgIpc) is 2.34. The summed E-state index contributed by atoms with van der Waals surface area (Å²) >= 11 is 5.74. The number of pyridine rings is 1. The second kappa shape index (κ2) is 5.42. The van der Waals surface area contributed by atoms with Gasteiger partial charge in [-0.3, -0.25) is 4.72 Å². The van der Waals surface area contributed by atoms with E-state index >= 15 is 0 Å². The lowest BCUT2D eigenvalue weighted by molar-refractivity contribution is 0.349. The summed E-state index contributed by atoms with van der Waals surface area (Å²) in [5.41, 5.74) is 1.24. The van der Waals surface area contributed by atoms with Crippen LogP contribution in [0.25, 0.3) is 0 Å². The van der Waals surface area contributed by atoms with Gasteiger partial charge in [-0.25, -0.2) is 4.98 Å². The van der Waals surface area contributed by atoms with Crippen LogP contribution in [0, 0.1) is 6.92 Å². The van der Waals surface area contributed by atoms with Crippen molar-refractivity contribution in [2.45, 2.75) is 26.2 Å². The van der Waals surface area contributed by atoms with E-state index in [2.05, 4.69) is 9.71 Å². The maximum absolute atomic E-state index is 12.1. The predicted molar refractivity (Wildman–Crippen MR) is 72.0 cm³/mol. The van der Waals surface area contributed by atoms with Gasteiger partial charge in [0.15, 0.2) is 0 Å². The van der Waals surface area contributed by atoms with Crippen LogP contribution in [0.2, 0.25) is 5.15 Å². The van der Waals surface area contributed by atoms with E-state index in [0.29, 0.717) is 23.9 Å². The van der Waals surface area contributed by atoms with E-state index in [9.17, 15) is 8.42 Å². The van der Waals surface area contributed by atoms with Gasteiger partial charge in [0, 0.05) is 13.1 Å². The third-order valence-corrected chi connectivity index (χ3v) is 4.70. The molecule has 1 fully saturated rings. The molecule has 2 rings (SSSR count). The van der Waals surface area contributed by atoms with Gasteiger partial charge in [-0.05, 0) is 31.4 Å². The number of nitrogens with zero attached hydrogens (tertiary/aromatic N) is 2. The quantitative estimate of drug-likeness (QED) is 0.868. The Morgan fingerprint density at radius 1 is 1.33 bits per heavy atom. The number of piperidine rings is 1. The number of hydrogen-bond donors (Lipinski definition) is 1. The maximum atomic E-state index is 12.1. The molecule has 1 aliphatic heterocycles. The number of anilines is 1. The van der Waals surface area contributed by atoms with Crippen LogP contribution in [0.1, 0.15) is 24.8 Å². The second-order valence-corrected chi connectivity index (χ2v) is 6.45. The Labute approximate surface area is 112 Å². The highest BCUT2D eigenvalue weighted by molar-refractivity contribution is 7.90. The van der Waals surface area contributed by atoms with Crippen molar-refractivity contribution in [3.63, 3.8) is 0 Å². The standard InChI is InChI=1S/C11H16ClN3O2S/c1-9-7-11(12)13-8-10(9)14-18(16,17)15-5-3-2-4-6-15/h7-8,14H,2-6H2,1H3. The van der Waals surface area contributed by atoms with Crippen LogP contribution in [-0.4, -0.2) is 30.8 Å². The van der Waals surface area contributed by atoms with Gasteiger partial charge in [0.2, 0.25) is 0 Å². The molecule has 1 N–H and O–H groups in total. The van der Waals surface area contributed by atoms with Crippen molar-refractivity contribution in [1.82, 2.24) is 9.29 Å².